The van der Waals surface area contributed by atoms with Crippen LogP contribution in [-0.4, -0.2) is 17.0 Å². The lowest BCUT2D eigenvalue weighted by Gasteiger charge is -2.51. The van der Waals surface area contributed by atoms with Crippen LogP contribution < -0.4 is 0 Å². The highest BCUT2D eigenvalue weighted by atomic mass is 16.3. The standard InChI is InChI=1S/C18H24O2/c1-18-9-8-14-13-5-3-12(19)10-11(13)2-4-15(14)16(18)6-7-17(18)20/h2,4,10,13-17,20H,3,5-9H2,1H3/t13-,14+,15+,16-,17?,18-/m0/s1. The van der Waals surface area contributed by atoms with Crippen LogP contribution in [-0.2, 0) is 4.79 Å². The molecule has 4 aliphatic carbocycles. The van der Waals surface area contributed by atoms with E-state index in [0.717, 1.165) is 25.7 Å². The predicted molar refractivity (Wildman–Crippen MR) is 78.0 cm³/mol. The van der Waals surface area contributed by atoms with Gasteiger partial charge in [0.1, 0.15) is 0 Å². The second-order valence-electron chi connectivity index (χ2n) is 7.60. The summed E-state index contributed by atoms with van der Waals surface area (Å²) in [7, 11) is 0. The molecule has 0 amide bonds. The molecule has 0 saturated heterocycles. The average molecular weight is 272 g/mol. The SMILES string of the molecule is C[C@]12CC[C@H]3[C@@H](C=CC4=CC(=O)CC[C@@H]43)[C@@H]1CCC2O. The average Bonchev–Trinajstić information content (AvgIpc) is 2.74. The molecule has 2 fully saturated rings. The zero-order valence-electron chi connectivity index (χ0n) is 12.2. The maximum atomic E-state index is 11.6. The summed E-state index contributed by atoms with van der Waals surface area (Å²) in [4.78, 5) is 11.6. The van der Waals surface area contributed by atoms with Gasteiger partial charge in [-0.2, -0.15) is 0 Å². The molecule has 0 aromatic carbocycles. The molecule has 0 aromatic heterocycles. The normalized spacial score (nSPS) is 50.2. The number of ketones is 1. The van der Waals surface area contributed by atoms with Gasteiger partial charge in [0.05, 0.1) is 6.10 Å². The molecule has 2 nitrogen and oxygen atoms in total. The summed E-state index contributed by atoms with van der Waals surface area (Å²) in [5, 5.41) is 10.4. The van der Waals surface area contributed by atoms with Crippen molar-refractivity contribution in [1.29, 1.82) is 0 Å². The van der Waals surface area contributed by atoms with Crippen molar-refractivity contribution in [3.05, 3.63) is 23.8 Å². The number of fused-ring (bicyclic) bond motifs is 5. The van der Waals surface area contributed by atoms with Crippen LogP contribution in [0.4, 0.5) is 0 Å². The second kappa shape index (κ2) is 4.30. The van der Waals surface area contributed by atoms with E-state index in [0.29, 0.717) is 29.5 Å². The molecule has 4 rings (SSSR count). The Kier molecular flexibility index (Phi) is 2.76. The summed E-state index contributed by atoms with van der Waals surface area (Å²) in [6.45, 7) is 2.30. The molecule has 108 valence electrons. The van der Waals surface area contributed by atoms with E-state index in [4.69, 9.17) is 0 Å². The van der Waals surface area contributed by atoms with Gasteiger partial charge in [0.15, 0.2) is 5.78 Å². The van der Waals surface area contributed by atoms with Crippen molar-refractivity contribution in [3.63, 3.8) is 0 Å². The first kappa shape index (κ1) is 12.8. The minimum Gasteiger partial charge on any atom is -0.393 e. The zero-order valence-corrected chi connectivity index (χ0v) is 12.2. The smallest absolute Gasteiger partial charge is 0.155 e. The third kappa shape index (κ3) is 1.64. The van der Waals surface area contributed by atoms with E-state index in [1.54, 1.807) is 0 Å². The Morgan fingerprint density at radius 3 is 2.95 bits per heavy atom. The predicted octanol–water partition coefficient (Wildman–Crippen LogP) is 3.27. The van der Waals surface area contributed by atoms with Gasteiger partial charge >= 0.3 is 0 Å². The van der Waals surface area contributed by atoms with E-state index in [9.17, 15) is 9.90 Å². The van der Waals surface area contributed by atoms with E-state index in [1.807, 2.05) is 6.08 Å². The first-order valence-electron chi connectivity index (χ1n) is 8.20. The molecule has 4 aliphatic rings. The van der Waals surface area contributed by atoms with Crippen molar-refractivity contribution in [2.75, 3.05) is 0 Å². The monoisotopic (exact) mass is 272 g/mol. The van der Waals surface area contributed by atoms with E-state index in [1.165, 1.54) is 18.4 Å². The van der Waals surface area contributed by atoms with Crippen molar-refractivity contribution in [2.45, 2.75) is 51.6 Å². The lowest BCUT2D eigenvalue weighted by molar-refractivity contribution is -0.115. The summed E-state index contributed by atoms with van der Waals surface area (Å²) < 4.78 is 0. The van der Waals surface area contributed by atoms with Crippen LogP contribution >= 0.6 is 0 Å². The highest BCUT2D eigenvalue weighted by molar-refractivity contribution is 5.91. The lowest BCUT2D eigenvalue weighted by atomic mass is 9.54. The van der Waals surface area contributed by atoms with Crippen molar-refractivity contribution < 1.29 is 9.90 Å². The molecule has 0 heterocycles. The Morgan fingerprint density at radius 1 is 1.25 bits per heavy atom. The number of hydrogen-bond donors (Lipinski definition) is 1. The first-order chi connectivity index (χ1) is 9.59. The summed E-state index contributed by atoms with van der Waals surface area (Å²) >= 11 is 0. The van der Waals surface area contributed by atoms with Gasteiger partial charge in [0.25, 0.3) is 0 Å². The molecule has 1 N–H and O–H groups in total. The van der Waals surface area contributed by atoms with Gasteiger partial charge in [0.2, 0.25) is 0 Å². The van der Waals surface area contributed by atoms with Crippen LogP contribution in [0.1, 0.15) is 45.4 Å². The van der Waals surface area contributed by atoms with E-state index < -0.39 is 0 Å². The molecule has 1 unspecified atom stereocenters. The first-order valence-corrected chi connectivity index (χ1v) is 8.20. The molecule has 0 bridgehead atoms. The van der Waals surface area contributed by atoms with E-state index in [2.05, 4.69) is 19.1 Å². The molecule has 2 heteroatoms. The van der Waals surface area contributed by atoms with Crippen molar-refractivity contribution in [3.8, 4) is 0 Å². The number of rotatable bonds is 0. The largest absolute Gasteiger partial charge is 0.393 e. The highest BCUT2D eigenvalue weighted by Gasteiger charge is 2.54. The molecule has 20 heavy (non-hydrogen) atoms. The van der Waals surface area contributed by atoms with Gasteiger partial charge in [-0.25, -0.2) is 0 Å². The number of allylic oxidation sites excluding steroid dienone is 4. The fourth-order valence-corrected chi connectivity index (χ4v) is 5.63. The van der Waals surface area contributed by atoms with E-state index in [-0.39, 0.29) is 11.5 Å². The topological polar surface area (TPSA) is 37.3 Å². The van der Waals surface area contributed by atoms with Gasteiger partial charge in [-0.05, 0) is 72.8 Å². The highest BCUT2D eigenvalue weighted by Crippen LogP contribution is 2.60. The third-order valence-electron chi connectivity index (χ3n) is 6.82. The van der Waals surface area contributed by atoms with Crippen LogP contribution in [0.3, 0.4) is 0 Å². The zero-order chi connectivity index (χ0) is 13.9. The van der Waals surface area contributed by atoms with Crippen molar-refractivity contribution in [2.24, 2.45) is 29.1 Å². The number of carbonyl (C=O) groups is 1. The fraction of sp³-hybridized carbons (Fsp3) is 0.722. The summed E-state index contributed by atoms with van der Waals surface area (Å²) in [6, 6.07) is 0. The Labute approximate surface area is 120 Å². The van der Waals surface area contributed by atoms with Crippen molar-refractivity contribution in [1.82, 2.24) is 0 Å². The fourth-order valence-electron chi connectivity index (χ4n) is 5.63. The Balaban J connectivity index is 1.69. The van der Waals surface area contributed by atoms with Crippen LogP contribution in [0.15, 0.2) is 23.8 Å². The molecular formula is C18H24O2. The molecular weight excluding hydrogens is 248 g/mol. The number of aliphatic hydroxyl groups excluding tert-OH is 1. The molecule has 6 atom stereocenters. The number of aliphatic hydroxyl groups is 1. The van der Waals surface area contributed by atoms with Gasteiger partial charge in [-0.15, -0.1) is 0 Å². The lowest BCUT2D eigenvalue weighted by Crippen LogP contribution is -2.46. The Bertz CT molecular complexity index is 504. The van der Waals surface area contributed by atoms with Crippen LogP contribution in [0.2, 0.25) is 0 Å². The number of carbonyl (C=O) groups excluding carboxylic acids is 1. The Morgan fingerprint density at radius 2 is 2.10 bits per heavy atom. The maximum absolute atomic E-state index is 11.6. The van der Waals surface area contributed by atoms with Gasteiger partial charge < -0.3 is 5.11 Å². The van der Waals surface area contributed by atoms with Gasteiger partial charge in [-0.3, -0.25) is 4.79 Å². The maximum Gasteiger partial charge on any atom is 0.155 e. The third-order valence-corrected chi connectivity index (χ3v) is 6.82. The molecule has 0 aromatic rings. The molecule has 0 aliphatic heterocycles. The minimum atomic E-state index is -0.105. The van der Waals surface area contributed by atoms with E-state index >= 15 is 0 Å². The minimum absolute atomic E-state index is 0.105. The second-order valence-corrected chi connectivity index (χ2v) is 7.60. The van der Waals surface area contributed by atoms with Crippen LogP contribution in [0.5, 0.6) is 0 Å². The summed E-state index contributed by atoms with van der Waals surface area (Å²) in [6.07, 6.45) is 12.7. The van der Waals surface area contributed by atoms with Gasteiger partial charge in [0, 0.05) is 6.42 Å². The van der Waals surface area contributed by atoms with Crippen LogP contribution in [0.25, 0.3) is 0 Å². The van der Waals surface area contributed by atoms with Gasteiger partial charge in [-0.1, -0.05) is 19.1 Å². The van der Waals surface area contributed by atoms with Crippen LogP contribution in [0, 0.1) is 29.1 Å². The molecule has 0 spiro atoms. The van der Waals surface area contributed by atoms with Crippen molar-refractivity contribution >= 4 is 5.78 Å². The number of hydrogen-bond acceptors (Lipinski definition) is 2. The Hall–Kier alpha value is -0.890. The molecule has 0 radical (unpaired) electrons. The summed E-state index contributed by atoms with van der Waals surface area (Å²) in [5.74, 6) is 2.89. The summed E-state index contributed by atoms with van der Waals surface area (Å²) in [5.41, 5.74) is 1.42. The molecule has 2 saturated carbocycles. The quantitative estimate of drug-likeness (QED) is 0.735.